The van der Waals surface area contributed by atoms with Crippen LogP contribution in [-0.2, 0) is 0 Å². The second-order valence-corrected chi connectivity index (χ2v) is 8.18. The van der Waals surface area contributed by atoms with Gasteiger partial charge in [-0.25, -0.2) is 0 Å². The van der Waals surface area contributed by atoms with Crippen molar-refractivity contribution in [1.82, 2.24) is 15.0 Å². The normalized spacial score (nSPS) is 16.3. The van der Waals surface area contributed by atoms with Crippen LogP contribution in [0.4, 0.5) is 0 Å². The molecule has 0 radical (unpaired) electrons. The number of nitrogens with zero attached hydrogens (tertiary/aromatic N) is 3. The molecule has 0 spiro atoms. The molecule has 1 fully saturated rings. The standard InChI is InChI=1S/C21H32N5O2P/c1-2-3-4-5-6-7-13-27-17-11-10-15(14-18(17)29)19-24-20(28-25-19)16-9-8-12-26(16)21(22)23/h10-11,14,16H,2-9,12-13,29H2,1H3,(H3,22,23)/t16-/m0/s1. The summed E-state index contributed by atoms with van der Waals surface area (Å²) in [5.74, 6) is 1.98. The molecule has 1 aliphatic rings. The van der Waals surface area contributed by atoms with Gasteiger partial charge in [0.05, 0.1) is 6.61 Å². The summed E-state index contributed by atoms with van der Waals surface area (Å²) in [6.07, 6.45) is 9.32. The number of benzene rings is 1. The summed E-state index contributed by atoms with van der Waals surface area (Å²) in [7, 11) is 2.73. The number of ether oxygens (including phenoxy) is 1. The molecule has 8 heteroatoms. The van der Waals surface area contributed by atoms with Gasteiger partial charge in [0.15, 0.2) is 5.96 Å². The molecule has 0 aliphatic carbocycles. The maximum atomic E-state index is 7.70. The predicted octanol–water partition coefficient (Wildman–Crippen LogP) is 4.01. The van der Waals surface area contributed by atoms with Crippen molar-refractivity contribution >= 4 is 20.5 Å². The largest absolute Gasteiger partial charge is 0.493 e. The Morgan fingerprint density at radius 3 is 2.86 bits per heavy atom. The zero-order valence-corrected chi connectivity index (χ0v) is 18.3. The lowest BCUT2D eigenvalue weighted by Crippen LogP contribution is -2.35. The zero-order chi connectivity index (χ0) is 20.6. The number of nitrogens with two attached hydrogens (primary N) is 1. The Morgan fingerprint density at radius 2 is 2.10 bits per heavy atom. The van der Waals surface area contributed by atoms with E-state index in [1.54, 1.807) is 4.90 Å². The Labute approximate surface area is 175 Å². The fraction of sp³-hybridized carbons (Fsp3) is 0.571. The number of nitrogens with one attached hydrogen (secondary N) is 1. The molecule has 29 heavy (non-hydrogen) atoms. The Hall–Kier alpha value is -2.14. The Balaban J connectivity index is 1.56. The SMILES string of the molecule is CCCCCCCCOc1ccc(-c2noc([C@@H]3CCCN3C(=N)N)n2)cc1P. The summed E-state index contributed by atoms with van der Waals surface area (Å²) in [4.78, 5) is 6.36. The van der Waals surface area contributed by atoms with Crippen molar-refractivity contribution < 1.29 is 9.26 Å². The van der Waals surface area contributed by atoms with Gasteiger partial charge in [0.25, 0.3) is 0 Å². The molecule has 1 unspecified atom stereocenters. The van der Waals surface area contributed by atoms with Gasteiger partial charge in [0.1, 0.15) is 11.8 Å². The van der Waals surface area contributed by atoms with Gasteiger partial charge in [-0.2, -0.15) is 4.98 Å². The van der Waals surface area contributed by atoms with Crippen molar-refractivity contribution in [3.8, 4) is 17.1 Å². The van der Waals surface area contributed by atoms with Crippen molar-refractivity contribution in [3.05, 3.63) is 24.1 Å². The van der Waals surface area contributed by atoms with Crippen LogP contribution in [0.15, 0.2) is 22.7 Å². The average molecular weight is 417 g/mol. The Kier molecular flexibility index (Phi) is 7.87. The average Bonchev–Trinajstić information content (AvgIpc) is 3.37. The molecule has 7 nitrogen and oxygen atoms in total. The molecule has 0 amide bonds. The predicted molar refractivity (Wildman–Crippen MR) is 119 cm³/mol. The molecule has 0 saturated carbocycles. The van der Waals surface area contributed by atoms with Crippen LogP contribution in [0.5, 0.6) is 5.75 Å². The van der Waals surface area contributed by atoms with Gasteiger partial charge >= 0.3 is 0 Å². The minimum Gasteiger partial charge on any atom is -0.493 e. The summed E-state index contributed by atoms with van der Waals surface area (Å²) in [6.45, 7) is 3.72. The molecule has 1 aromatic heterocycles. The molecule has 2 atom stereocenters. The molecule has 3 rings (SSSR count). The summed E-state index contributed by atoms with van der Waals surface area (Å²) < 4.78 is 11.4. The number of rotatable bonds is 10. The first-order chi connectivity index (χ1) is 14.1. The van der Waals surface area contributed by atoms with Crippen LogP contribution in [0.1, 0.15) is 70.2 Å². The summed E-state index contributed by atoms with van der Waals surface area (Å²) >= 11 is 0. The third kappa shape index (κ3) is 5.69. The lowest BCUT2D eigenvalue weighted by molar-refractivity contribution is 0.283. The lowest BCUT2D eigenvalue weighted by Gasteiger charge is -2.21. The van der Waals surface area contributed by atoms with E-state index in [1.807, 2.05) is 18.2 Å². The van der Waals surface area contributed by atoms with Crippen molar-refractivity contribution in [1.29, 1.82) is 5.41 Å². The Bertz CT molecular complexity index is 810. The molecule has 1 aromatic carbocycles. The first-order valence-corrected chi connectivity index (χ1v) is 11.1. The monoisotopic (exact) mass is 417 g/mol. The first-order valence-electron chi connectivity index (χ1n) is 10.6. The highest BCUT2D eigenvalue weighted by atomic mass is 31.0. The zero-order valence-electron chi connectivity index (χ0n) is 17.2. The second-order valence-electron chi connectivity index (χ2n) is 7.56. The molecular formula is C21H32N5O2P. The van der Waals surface area contributed by atoms with Gasteiger partial charge in [-0.1, -0.05) is 44.2 Å². The van der Waals surface area contributed by atoms with Gasteiger partial charge in [0.2, 0.25) is 11.7 Å². The molecule has 3 N–H and O–H groups in total. The van der Waals surface area contributed by atoms with E-state index in [1.165, 1.54) is 32.1 Å². The van der Waals surface area contributed by atoms with E-state index in [4.69, 9.17) is 20.4 Å². The van der Waals surface area contributed by atoms with Crippen molar-refractivity contribution in [2.24, 2.45) is 5.73 Å². The van der Waals surface area contributed by atoms with E-state index in [-0.39, 0.29) is 12.0 Å². The minimum atomic E-state index is -0.107. The van der Waals surface area contributed by atoms with Gasteiger partial charge in [0, 0.05) is 17.4 Å². The van der Waals surface area contributed by atoms with E-state index in [2.05, 4.69) is 26.3 Å². The van der Waals surface area contributed by atoms with Crippen LogP contribution in [0.2, 0.25) is 0 Å². The van der Waals surface area contributed by atoms with Crippen LogP contribution >= 0.6 is 9.24 Å². The van der Waals surface area contributed by atoms with Crippen molar-refractivity contribution in [3.63, 3.8) is 0 Å². The van der Waals surface area contributed by atoms with Crippen LogP contribution < -0.4 is 15.8 Å². The van der Waals surface area contributed by atoms with E-state index in [0.717, 1.165) is 49.0 Å². The maximum absolute atomic E-state index is 7.70. The number of unbranched alkanes of at least 4 members (excludes halogenated alkanes) is 5. The number of hydrogen-bond donors (Lipinski definition) is 2. The van der Waals surface area contributed by atoms with Crippen molar-refractivity contribution in [2.75, 3.05) is 13.2 Å². The van der Waals surface area contributed by atoms with E-state index < -0.39 is 0 Å². The van der Waals surface area contributed by atoms with E-state index in [9.17, 15) is 0 Å². The molecule has 158 valence electrons. The van der Waals surface area contributed by atoms with Crippen LogP contribution in [0.3, 0.4) is 0 Å². The third-order valence-corrected chi connectivity index (χ3v) is 5.76. The van der Waals surface area contributed by atoms with Crippen LogP contribution in [0, 0.1) is 5.41 Å². The third-order valence-electron chi connectivity index (χ3n) is 5.31. The lowest BCUT2D eigenvalue weighted by atomic mass is 10.1. The molecule has 0 bridgehead atoms. The summed E-state index contributed by atoms with van der Waals surface area (Å²) in [5.41, 5.74) is 6.54. The molecule has 1 saturated heterocycles. The van der Waals surface area contributed by atoms with E-state index in [0.29, 0.717) is 11.7 Å². The van der Waals surface area contributed by atoms with Gasteiger partial charge < -0.3 is 19.9 Å². The Morgan fingerprint density at radius 1 is 1.31 bits per heavy atom. The summed E-state index contributed by atoms with van der Waals surface area (Å²) in [5, 5.41) is 12.8. The molecule has 2 heterocycles. The maximum Gasteiger partial charge on any atom is 0.249 e. The van der Waals surface area contributed by atoms with Gasteiger partial charge in [-0.3, -0.25) is 5.41 Å². The number of likely N-dealkylation sites (tertiary alicyclic amines) is 1. The van der Waals surface area contributed by atoms with Gasteiger partial charge in [-0.05, 0) is 37.5 Å². The number of aromatic nitrogens is 2. The highest BCUT2D eigenvalue weighted by Crippen LogP contribution is 2.31. The fourth-order valence-electron chi connectivity index (χ4n) is 3.68. The highest BCUT2D eigenvalue weighted by Gasteiger charge is 2.31. The smallest absolute Gasteiger partial charge is 0.249 e. The molecular weight excluding hydrogens is 385 g/mol. The first kappa shape index (κ1) is 21.6. The summed E-state index contributed by atoms with van der Waals surface area (Å²) in [6, 6.07) is 5.80. The minimum absolute atomic E-state index is 0.0476. The molecule has 2 aromatic rings. The fourth-order valence-corrected chi connectivity index (χ4v) is 4.04. The van der Waals surface area contributed by atoms with Crippen LogP contribution in [-0.4, -0.2) is 34.2 Å². The topological polar surface area (TPSA) is 101 Å². The van der Waals surface area contributed by atoms with Crippen molar-refractivity contribution in [2.45, 2.75) is 64.3 Å². The highest BCUT2D eigenvalue weighted by molar-refractivity contribution is 7.27. The quantitative estimate of drug-likeness (QED) is 0.262. The second kappa shape index (κ2) is 10.6. The van der Waals surface area contributed by atoms with Gasteiger partial charge in [-0.15, -0.1) is 9.24 Å². The molecule has 1 aliphatic heterocycles. The number of hydrogen-bond acceptors (Lipinski definition) is 5. The number of guanidine groups is 1. The van der Waals surface area contributed by atoms with Crippen LogP contribution in [0.25, 0.3) is 11.4 Å². The van der Waals surface area contributed by atoms with E-state index >= 15 is 0 Å².